The Balaban J connectivity index is 2.56. The zero-order valence-electron chi connectivity index (χ0n) is 4.93. The Kier molecular flexibility index (Phi) is 1.39. The van der Waals surface area contributed by atoms with Gasteiger partial charge in [0.15, 0.2) is 0 Å². The summed E-state index contributed by atoms with van der Waals surface area (Å²) in [5.74, 6) is 0. The van der Waals surface area contributed by atoms with E-state index in [-0.39, 0.29) is 0 Å². The molecule has 1 radical (unpaired) electrons. The molecule has 0 aromatic rings. The maximum atomic E-state index is 9.18. The van der Waals surface area contributed by atoms with E-state index in [1.807, 2.05) is 6.08 Å². The van der Waals surface area contributed by atoms with Crippen LogP contribution in [0, 0.1) is 6.92 Å². The summed E-state index contributed by atoms with van der Waals surface area (Å²) in [6, 6.07) is 0. The molecular weight excluding hydrogens is 100 g/mol. The number of aliphatic hydroxyl groups is 1. The Bertz CT molecular complexity index is 103. The van der Waals surface area contributed by atoms with Crippen LogP contribution in [0.2, 0.25) is 0 Å². The molecule has 1 N–H and O–H groups in total. The first kappa shape index (κ1) is 5.83. The fraction of sp³-hybridized carbons (Fsp3) is 0.571. The number of allylic oxidation sites excluding steroid dienone is 1. The lowest BCUT2D eigenvalue weighted by Gasteiger charge is -2.21. The van der Waals surface area contributed by atoms with Crippen LogP contribution in [0.4, 0.5) is 0 Å². The van der Waals surface area contributed by atoms with Gasteiger partial charge in [-0.3, -0.25) is 0 Å². The Morgan fingerprint density at radius 3 is 2.62 bits per heavy atom. The van der Waals surface area contributed by atoms with E-state index < -0.39 is 5.60 Å². The predicted octanol–water partition coefficient (Wildman–Crippen LogP) is 1.29. The van der Waals surface area contributed by atoms with Crippen molar-refractivity contribution in [2.45, 2.75) is 24.9 Å². The van der Waals surface area contributed by atoms with Gasteiger partial charge in [0, 0.05) is 0 Å². The Morgan fingerprint density at radius 2 is 2.38 bits per heavy atom. The van der Waals surface area contributed by atoms with E-state index in [0.717, 1.165) is 19.3 Å². The molecule has 0 fully saturated rings. The first-order valence-electron chi connectivity index (χ1n) is 2.96. The molecule has 1 rings (SSSR count). The van der Waals surface area contributed by atoms with Crippen LogP contribution < -0.4 is 0 Å². The highest BCUT2D eigenvalue weighted by Gasteiger charge is 2.17. The summed E-state index contributed by atoms with van der Waals surface area (Å²) < 4.78 is 0. The average molecular weight is 111 g/mol. The summed E-state index contributed by atoms with van der Waals surface area (Å²) in [6.45, 7) is 3.60. The summed E-state index contributed by atoms with van der Waals surface area (Å²) in [4.78, 5) is 0. The van der Waals surface area contributed by atoms with Gasteiger partial charge in [-0.25, -0.2) is 0 Å². The van der Waals surface area contributed by atoms with Crippen molar-refractivity contribution in [1.29, 1.82) is 0 Å². The lowest BCUT2D eigenvalue weighted by molar-refractivity contribution is 0.122. The molecule has 0 bridgehead atoms. The topological polar surface area (TPSA) is 20.2 Å². The second-order valence-corrected chi connectivity index (χ2v) is 2.40. The van der Waals surface area contributed by atoms with Gasteiger partial charge in [0.2, 0.25) is 0 Å². The molecule has 1 aliphatic rings. The summed E-state index contributed by atoms with van der Waals surface area (Å²) in [7, 11) is 0. The lowest BCUT2D eigenvalue weighted by Crippen LogP contribution is -2.22. The van der Waals surface area contributed by atoms with Crippen LogP contribution in [0.1, 0.15) is 19.3 Å². The molecule has 45 valence electrons. The Morgan fingerprint density at radius 1 is 1.62 bits per heavy atom. The van der Waals surface area contributed by atoms with Gasteiger partial charge < -0.3 is 5.11 Å². The summed E-state index contributed by atoms with van der Waals surface area (Å²) in [5.41, 5.74) is -0.752. The van der Waals surface area contributed by atoms with E-state index >= 15 is 0 Å². The molecule has 1 heteroatoms. The summed E-state index contributed by atoms with van der Waals surface area (Å²) in [5, 5.41) is 9.18. The average Bonchev–Trinajstić information content (AvgIpc) is 1.65. The fourth-order valence-corrected chi connectivity index (χ4v) is 0.912. The van der Waals surface area contributed by atoms with Crippen LogP contribution in [0.25, 0.3) is 0 Å². The second-order valence-electron chi connectivity index (χ2n) is 2.40. The molecule has 0 aromatic heterocycles. The molecule has 1 unspecified atom stereocenters. The van der Waals surface area contributed by atoms with Crippen LogP contribution in [-0.4, -0.2) is 10.7 Å². The molecule has 0 aromatic carbocycles. The summed E-state index contributed by atoms with van der Waals surface area (Å²) >= 11 is 0. The van der Waals surface area contributed by atoms with E-state index in [0.29, 0.717) is 0 Å². The van der Waals surface area contributed by atoms with Gasteiger partial charge in [-0.2, -0.15) is 0 Å². The lowest BCUT2D eigenvalue weighted by atomic mass is 9.93. The molecule has 1 nitrogen and oxygen atoms in total. The van der Waals surface area contributed by atoms with Gasteiger partial charge in [-0.1, -0.05) is 12.2 Å². The Hall–Kier alpha value is -0.300. The fourth-order valence-electron chi connectivity index (χ4n) is 0.912. The molecule has 0 aliphatic heterocycles. The maximum absolute atomic E-state index is 9.18. The van der Waals surface area contributed by atoms with E-state index in [1.54, 1.807) is 6.08 Å². The first-order chi connectivity index (χ1) is 3.71. The normalized spacial score (nSPS) is 37.8. The molecule has 0 spiro atoms. The van der Waals surface area contributed by atoms with Gasteiger partial charge in [0.25, 0.3) is 0 Å². The highest BCUT2D eigenvalue weighted by atomic mass is 16.3. The highest BCUT2D eigenvalue weighted by molar-refractivity contribution is 5.06. The largest absolute Gasteiger partial charge is 0.386 e. The van der Waals surface area contributed by atoms with E-state index in [2.05, 4.69) is 6.92 Å². The molecule has 0 saturated carbocycles. The number of hydrogen-bond donors (Lipinski definition) is 1. The van der Waals surface area contributed by atoms with Crippen LogP contribution in [0.3, 0.4) is 0 Å². The van der Waals surface area contributed by atoms with Gasteiger partial charge in [-0.15, -0.1) is 0 Å². The van der Waals surface area contributed by atoms with Crippen LogP contribution in [0.15, 0.2) is 12.2 Å². The third-order valence-electron chi connectivity index (χ3n) is 1.41. The molecule has 0 heterocycles. The minimum atomic E-state index is -0.752. The number of hydrogen-bond acceptors (Lipinski definition) is 1. The van der Waals surface area contributed by atoms with Crippen LogP contribution >= 0.6 is 0 Å². The quantitative estimate of drug-likeness (QED) is 0.467. The van der Waals surface area contributed by atoms with Gasteiger partial charge >= 0.3 is 0 Å². The molecule has 8 heavy (non-hydrogen) atoms. The molecule has 1 atom stereocenters. The van der Waals surface area contributed by atoms with Gasteiger partial charge in [0.05, 0.1) is 5.60 Å². The van der Waals surface area contributed by atoms with Crippen molar-refractivity contribution >= 4 is 0 Å². The van der Waals surface area contributed by atoms with Gasteiger partial charge in [-0.05, 0) is 26.2 Å². The second kappa shape index (κ2) is 1.90. The van der Waals surface area contributed by atoms with Crippen LogP contribution in [0.5, 0.6) is 0 Å². The maximum Gasteiger partial charge on any atom is 0.0829 e. The molecule has 1 aliphatic carbocycles. The summed E-state index contributed by atoms with van der Waals surface area (Å²) in [6.07, 6.45) is 6.73. The van der Waals surface area contributed by atoms with Crippen molar-refractivity contribution in [2.75, 3.05) is 0 Å². The van der Waals surface area contributed by atoms with E-state index in [4.69, 9.17) is 0 Å². The van der Waals surface area contributed by atoms with Crippen molar-refractivity contribution < 1.29 is 5.11 Å². The first-order valence-corrected chi connectivity index (χ1v) is 2.96. The van der Waals surface area contributed by atoms with E-state index in [1.165, 1.54) is 0 Å². The minimum Gasteiger partial charge on any atom is -0.386 e. The Labute approximate surface area is 50.0 Å². The zero-order chi connectivity index (χ0) is 6.04. The number of rotatable bonds is 0. The van der Waals surface area contributed by atoms with Crippen molar-refractivity contribution in [1.82, 2.24) is 0 Å². The molecular formula is C7H11O. The van der Waals surface area contributed by atoms with Crippen molar-refractivity contribution in [3.63, 3.8) is 0 Å². The van der Waals surface area contributed by atoms with Gasteiger partial charge in [0.1, 0.15) is 0 Å². The zero-order valence-corrected chi connectivity index (χ0v) is 4.93. The van der Waals surface area contributed by atoms with Crippen molar-refractivity contribution in [3.05, 3.63) is 19.1 Å². The molecule has 0 amide bonds. The SMILES string of the molecule is [CH2]C1(O)C=CCCC1. The van der Waals surface area contributed by atoms with E-state index in [9.17, 15) is 5.11 Å². The third-order valence-corrected chi connectivity index (χ3v) is 1.41. The van der Waals surface area contributed by atoms with Crippen LogP contribution in [-0.2, 0) is 0 Å². The smallest absolute Gasteiger partial charge is 0.0829 e. The van der Waals surface area contributed by atoms with Crippen molar-refractivity contribution in [2.24, 2.45) is 0 Å². The third kappa shape index (κ3) is 1.34. The highest BCUT2D eigenvalue weighted by Crippen LogP contribution is 2.19. The standard InChI is InChI=1S/C7H11O/c1-7(8)5-3-2-4-6-7/h3,5,8H,1-2,4,6H2. The van der Waals surface area contributed by atoms with Crippen molar-refractivity contribution in [3.8, 4) is 0 Å². The molecule has 0 saturated heterocycles. The minimum absolute atomic E-state index is 0.752. The predicted molar refractivity (Wildman–Crippen MR) is 33.3 cm³/mol. The monoisotopic (exact) mass is 111 g/mol.